The lowest BCUT2D eigenvalue weighted by molar-refractivity contribution is 0.135. The van der Waals surface area contributed by atoms with Crippen LogP contribution in [0.2, 0.25) is 0 Å². The van der Waals surface area contributed by atoms with Crippen LogP contribution in [0.1, 0.15) is 18.9 Å². The summed E-state index contributed by atoms with van der Waals surface area (Å²) in [6.45, 7) is 4.75. The summed E-state index contributed by atoms with van der Waals surface area (Å²) in [7, 11) is 1.69. The maximum atomic E-state index is 5.77. The van der Waals surface area contributed by atoms with Gasteiger partial charge in [0.25, 0.3) is 0 Å². The largest absolute Gasteiger partial charge is 0.490 e. The molecule has 3 nitrogen and oxygen atoms in total. The number of aryl methyl sites for hydroxylation is 1. The fourth-order valence-electron chi connectivity index (χ4n) is 1.30. The molecule has 0 aromatic heterocycles. The van der Waals surface area contributed by atoms with E-state index < -0.39 is 0 Å². The number of rotatable bonds is 5. The Morgan fingerprint density at radius 3 is 2.80 bits per heavy atom. The zero-order valence-corrected chi connectivity index (χ0v) is 9.62. The molecule has 0 radical (unpaired) electrons. The van der Waals surface area contributed by atoms with Crippen LogP contribution in [0, 0.1) is 6.92 Å². The zero-order valence-electron chi connectivity index (χ0n) is 9.62. The Balaban J connectivity index is 2.59. The summed E-state index contributed by atoms with van der Waals surface area (Å²) in [5.41, 5.74) is 7.53. The van der Waals surface area contributed by atoms with Gasteiger partial charge in [-0.05, 0) is 25.5 Å². The Hall–Kier alpha value is -1.22. The molecule has 2 N–H and O–H groups in total. The van der Waals surface area contributed by atoms with E-state index in [-0.39, 0.29) is 6.10 Å². The minimum absolute atomic E-state index is 0.144. The molecule has 0 saturated heterocycles. The van der Waals surface area contributed by atoms with Crippen molar-refractivity contribution in [3.8, 4) is 5.75 Å². The normalized spacial score (nSPS) is 12.5. The van der Waals surface area contributed by atoms with Gasteiger partial charge in [-0.3, -0.25) is 0 Å². The molecule has 1 aromatic rings. The highest BCUT2D eigenvalue weighted by Gasteiger charge is 2.06. The smallest absolute Gasteiger partial charge is 0.124 e. The highest BCUT2D eigenvalue weighted by molar-refractivity contribution is 5.47. The molecule has 1 atom stereocenters. The quantitative estimate of drug-likeness (QED) is 0.757. The van der Waals surface area contributed by atoms with Crippen LogP contribution in [0.15, 0.2) is 18.2 Å². The molecule has 0 saturated carbocycles. The second-order valence-electron chi connectivity index (χ2n) is 3.73. The molecule has 1 rings (SSSR count). The molecule has 3 heteroatoms. The monoisotopic (exact) mass is 209 g/mol. The molecule has 0 bridgehead atoms. The number of hydrogen-bond donors (Lipinski definition) is 1. The van der Waals surface area contributed by atoms with Gasteiger partial charge in [-0.25, -0.2) is 0 Å². The SMILES string of the molecule is COCCC(C)Oc1cc(N)ccc1C. The van der Waals surface area contributed by atoms with Crippen LogP contribution in [0.3, 0.4) is 0 Å². The number of ether oxygens (including phenoxy) is 2. The van der Waals surface area contributed by atoms with Crippen LogP contribution in [0.5, 0.6) is 5.75 Å². The number of nitrogens with two attached hydrogens (primary N) is 1. The second-order valence-corrected chi connectivity index (χ2v) is 3.73. The maximum absolute atomic E-state index is 5.77. The fourth-order valence-corrected chi connectivity index (χ4v) is 1.30. The van der Waals surface area contributed by atoms with Crippen molar-refractivity contribution in [3.63, 3.8) is 0 Å². The van der Waals surface area contributed by atoms with Crippen LogP contribution in [0.25, 0.3) is 0 Å². The van der Waals surface area contributed by atoms with E-state index >= 15 is 0 Å². The van der Waals surface area contributed by atoms with Gasteiger partial charge in [-0.2, -0.15) is 0 Å². The first-order valence-corrected chi connectivity index (χ1v) is 5.15. The van der Waals surface area contributed by atoms with Crippen LogP contribution < -0.4 is 10.5 Å². The molecule has 0 heterocycles. The average Bonchev–Trinajstić information content (AvgIpc) is 2.20. The minimum Gasteiger partial charge on any atom is -0.490 e. The highest BCUT2D eigenvalue weighted by Crippen LogP contribution is 2.22. The van der Waals surface area contributed by atoms with Gasteiger partial charge in [-0.1, -0.05) is 6.07 Å². The minimum atomic E-state index is 0.144. The van der Waals surface area contributed by atoms with Gasteiger partial charge in [0.15, 0.2) is 0 Å². The van der Waals surface area contributed by atoms with E-state index in [0.29, 0.717) is 6.61 Å². The predicted octanol–water partition coefficient (Wildman–Crippen LogP) is 2.38. The Labute approximate surface area is 91.2 Å². The molecular formula is C12H19NO2. The van der Waals surface area contributed by atoms with E-state index in [4.69, 9.17) is 15.2 Å². The Bertz CT molecular complexity index is 312. The van der Waals surface area contributed by atoms with E-state index in [0.717, 1.165) is 23.4 Å². The number of hydrogen-bond acceptors (Lipinski definition) is 3. The van der Waals surface area contributed by atoms with Gasteiger partial charge in [0.2, 0.25) is 0 Å². The molecule has 0 aliphatic rings. The second kappa shape index (κ2) is 5.61. The third-order valence-corrected chi connectivity index (χ3v) is 2.27. The van der Waals surface area contributed by atoms with Crippen molar-refractivity contribution in [2.24, 2.45) is 0 Å². The lowest BCUT2D eigenvalue weighted by Crippen LogP contribution is -2.14. The molecule has 84 valence electrons. The fraction of sp³-hybridized carbons (Fsp3) is 0.500. The number of nitrogen functional groups attached to an aromatic ring is 1. The van der Waals surface area contributed by atoms with Crippen LogP contribution in [-0.4, -0.2) is 19.8 Å². The first kappa shape index (κ1) is 11.9. The van der Waals surface area contributed by atoms with Crippen molar-refractivity contribution in [1.82, 2.24) is 0 Å². The first-order chi connectivity index (χ1) is 7.13. The van der Waals surface area contributed by atoms with Crippen LogP contribution >= 0.6 is 0 Å². The number of anilines is 1. The van der Waals surface area contributed by atoms with Crippen LogP contribution in [0.4, 0.5) is 5.69 Å². The van der Waals surface area contributed by atoms with E-state index in [1.165, 1.54) is 0 Å². The van der Waals surface area contributed by atoms with E-state index in [1.54, 1.807) is 7.11 Å². The average molecular weight is 209 g/mol. The molecular weight excluding hydrogens is 190 g/mol. The molecule has 0 aliphatic carbocycles. The van der Waals surface area contributed by atoms with E-state index in [1.807, 2.05) is 32.0 Å². The third kappa shape index (κ3) is 3.80. The van der Waals surface area contributed by atoms with Gasteiger partial charge >= 0.3 is 0 Å². The Morgan fingerprint density at radius 2 is 2.13 bits per heavy atom. The Kier molecular flexibility index (Phi) is 4.43. The van der Waals surface area contributed by atoms with Gasteiger partial charge in [-0.15, -0.1) is 0 Å². The lowest BCUT2D eigenvalue weighted by atomic mass is 10.2. The first-order valence-electron chi connectivity index (χ1n) is 5.15. The van der Waals surface area contributed by atoms with Crippen molar-refractivity contribution in [2.45, 2.75) is 26.4 Å². The topological polar surface area (TPSA) is 44.5 Å². The highest BCUT2D eigenvalue weighted by atomic mass is 16.5. The summed E-state index contributed by atoms with van der Waals surface area (Å²) in [5, 5.41) is 0. The molecule has 1 unspecified atom stereocenters. The molecule has 0 spiro atoms. The molecule has 0 amide bonds. The van der Waals surface area contributed by atoms with Gasteiger partial charge < -0.3 is 15.2 Å². The van der Waals surface area contributed by atoms with Gasteiger partial charge in [0.05, 0.1) is 6.10 Å². The molecule has 1 aromatic carbocycles. The summed E-state index contributed by atoms with van der Waals surface area (Å²) in [6.07, 6.45) is 1.02. The van der Waals surface area contributed by atoms with Crippen LogP contribution in [-0.2, 0) is 4.74 Å². The van der Waals surface area contributed by atoms with E-state index in [2.05, 4.69) is 0 Å². The summed E-state index contributed by atoms with van der Waals surface area (Å²) in [4.78, 5) is 0. The maximum Gasteiger partial charge on any atom is 0.124 e. The number of benzene rings is 1. The van der Waals surface area contributed by atoms with Crippen molar-refractivity contribution in [1.29, 1.82) is 0 Å². The summed E-state index contributed by atoms with van der Waals surface area (Å²) < 4.78 is 10.8. The molecule has 15 heavy (non-hydrogen) atoms. The number of methoxy groups -OCH3 is 1. The molecule has 0 aliphatic heterocycles. The third-order valence-electron chi connectivity index (χ3n) is 2.27. The predicted molar refractivity (Wildman–Crippen MR) is 62.2 cm³/mol. The lowest BCUT2D eigenvalue weighted by Gasteiger charge is -2.16. The van der Waals surface area contributed by atoms with Crippen molar-refractivity contribution < 1.29 is 9.47 Å². The Morgan fingerprint density at radius 1 is 1.40 bits per heavy atom. The van der Waals surface area contributed by atoms with Crippen molar-refractivity contribution in [3.05, 3.63) is 23.8 Å². The zero-order chi connectivity index (χ0) is 11.3. The standard InChI is InChI=1S/C12H19NO2/c1-9-4-5-11(13)8-12(9)15-10(2)6-7-14-3/h4-5,8,10H,6-7,13H2,1-3H3. The summed E-state index contributed by atoms with van der Waals surface area (Å²) in [5.74, 6) is 0.860. The van der Waals surface area contributed by atoms with Gasteiger partial charge in [0.1, 0.15) is 5.75 Å². The molecule has 0 fully saturated rings. The van der Waals surface area contributed by atoms with Gasteiger partial charge in [0, 0.05) is 31.9 Å². The van der Waals surface area contributed by atoms with E-state index in [9.17, 15) is 0 Å². The summed E-state index contributed by atoms with van der Waals surface area (Å²) >= 11 is 0. The summed E-state index contributed by atoms with van der Waals surface area (Å²) in [6, 6.07) is 5.70. The van der Waals surface area contributed by atoms with Crippen molar-refractivity contribution >= 4 is 5.69 Å². The van der Waals surface area contributed by atoms with Crippen molar-refractivity contribution in [2.75, 3.05) is 19.5 Å².